The van der Waals surface area contributed by atoms with Crippen LogP contribution in [0.3, 0.4) is 0 Å². The van der Waals surface area contributed by atoms with E-state index in [0.717, 1.165) is 12.0 Å². The van der Waals surface area contributed by atoms with E-state index in [-0.39, 0.29) is 17.1 Å². The van der Waals surface area contributed by atoms with Crippen molar-refractivity contribution in [2.45, 2.75) is 49.7 Å². The van der Waals surface area contributed by atoms with Crippen LogP contribution in [-0.2, 0) is 35.7 Å². The van der Waals surface area contributed by atoms with Crippen LogP contribution in [0.15, 0.2) is 53.4 Å². The minimum atomic E-state index is -4.22. The van der Waals surface area contributed by atoms with Gasteiger partial charge in [-0.25, -0.2) is 18.0 Å². The third-order valence-electron chi connectivity index (χ3n) is 5.49. The molecule has 1 heterocycles. The summed E-state index contributed by atoms with van der Waals surface area (Å²) in [6.07, 6.45) is 0.562. The summed E-state index contributed by atoms with van der Waals surface area (Å²) in [5, 5.41) is 16.2. The van der Waals surface area contributed by atoms with Gasteiger partial charge in [0.15, 0.2) is 0 Å². The van der Waals surface area contributed by atoms with Crippen LogP contribution in [0.25, 0.3) is 0 Å². The molecule has 1 aliphatic rings. The largest absolute Gasteiger partial charge is 0.391 e. The maximum Gasteiger partial charge on any atom is 0.332 e. The van der Waals surface area contributed by atoms with Gasteiger partial charge < -0.3 is 15.4 Å². The van der Waals surface area contributed by atoms with E-state index in [1.807, 2.05) is 0 Å². The fraction of sp³-hybridized carbons (Fsp3) is 0.348. The predicted octanol–water partition coefficient (Wildman–Crippen LogP) is 1.08. The number of nitro groups is 1. The molecule has 2 atom stereocenters. The standard InChI is InChI=1S/C23H26N4O8S/c1-15-4-10-18(11-5-15)36(33,34)26-20(23(30)35-22(29)19-3-2-12-24-19)13-21(28)25-14-16-6-8-17(9-7-16)27(31)32/h4-11,19-20,24,26H,2-3,12-14H2,1H3,(H,25,28)/t19-,20-/m0/s1. The highest BCUT2D eigenvalue weighted by Crippen LogP contribution is 2.14. The smallest absolute Gasteiger partial charge is 0.332 e. The zero-order chi connectivity index (χ0) is 26.3. The van der Waals surface area contributed by atoms with Gasteiger partial charge in [-0.1, -0.05) is 29.8 Å². The van der Waals surface area contributed by atoms with E-state index < -0.39 is 51.3 Å². The molecule has 0 unspecified atom stereocenters. The Hall–Kier alpha value is -3.68. The lowest BCUT2D eigenvalue weighted by atomic mass is 10.2. The van der Waals surface area contributed by atoms with Crippen molar-refractivity contribution in [1.82, 2.24) is 15.4 Å². The number of aryl methyl sites for hydroxylation is 1. The molecule has 1 amide bonds. The van der Waals surface area contributed by atoms with Gasteiger partial charge >= 0.3 is 11.9 Å². The average molecular weight is 519 g/mol. The topological polar surface area (TPSA) is 174 Å². The van der Waals surface area contributed by atoms with Crippen molar-refractivity contribution in [2.24, 2.45) is 0 Å². The third kappa shape index (κ3) is 7.41. The lowest BCUT2D eigenvalue weighted by Crippen LogP contribution is -2.46. The van der Waals surface area contributed by atoms with Crippen molar-refractivity contribution in [3.8, 4) is 0 Å². The van der Waals surface area contributed by atoms with Gasteiger partial charge in [0.05, 0.1) is 16.2 Å². The highest BCUT2D eigenvalue weighted by molar-refractivity contribution is 7.89. The quantitative estimate of drug-likeness (QED) is 0.180. The normalized spacial score (nSPS) is 16.2. The van der Waals surface area contributed by atoms with Crippen molar-refractivity contribution in [3.63, 3.8) is 0 Å². The second-order valence-corrected chi connectivity index (χ2v) is 9.99. The molecule has 36 heavy (non-hydrogen) atoms. The second kappa shape index (κ2) is 11.8. The number of benzene rings is 2. The number of non-ortho nitro benzene ring substituents is 1. The second-order valence-electron chi connectivity index (χ2n) is 8.28. The zero-order valence-corrected chi connectivity index (χ0v) is 20.2. The van der Waals surface area contributed by atoms with E-state index >= 15 is 0 Å². The summed E-state index contributed by atoms with van der Waals surface area (Å²) in [5.41, 5.74) is 1.26. The van der Waals surface area contributed by atoms with E-state index in [4.69, 9.17) is 4.74 Å². The molecule has 0 bridgehead atoms. The monoisotopic (exact) mass is 518 g/mol. The van der Waals surface area contributed by atoms with E-state index in [1.54, 1.807) is 19.1 Å². The molecule has 0 aromatic heterocycles. The van der Waals surface area contributed by atoms with E-state index in [0.29, 0.717) is 18.5 Å². The van der Waals surface area contributed by atoms with Gasteiger partial charge in [0.1, 0.15) is 12.1 Å². The molecular weight excluding hydrogens is 492 g/mol. The Morgan fingerprint density at radius 2 is 1.81 bits per heavy atom. The molecule has 0 spiro atoms. The summed E-state index contributed by atoms with van der Waals surface area (Å²) in [4.78, 5) is 47.7. The molecule has 3 N–H and O–H groups in total. The number of nitro benzene ring substituents is 1. The number of sulfonamides is 1. The summed E-state index contributed by atoms with van der Waals surface area (Å²) in [7, 11) is -4.22. The minimum Gasteiger partial charge on any atom is -0.391 e. The number of nitrogens with zero attached hydrogens (tertiary/aromatic N) is 1. The minimum absolute atomic E-state index is 0.0196. The highest BCUT2D eigenvalue weighted by atomic mass is 32.2. The first kappa shape index (κ1) is 26.9. The van der Waals surface area contributed by atoms with Crippen LogP contribution in [-0.4, -0.2) is 49.8 Å². The van der Waals surface area contributed by atoms with Crippen molar-refractivity contribution in [3.05, 3.63) is 69.8 Å². The number of amides is 1. The number of hydrogen-bond donors (Lipinski definition) is 3. The number of rotatable bonds is 10. The molecule has 0 saturated carbocycles. The Bertz CT molecular complexity index is 1220. The number of esters is 2. The Kier molecular flexibility index (Phi) is 8.85. The Morgan fingerprint density at radius 1 is 1.14 bits per heavy atom. The predicted molar refractivity (Wildman–Crippen MR) is 127 cm³/mol. The number of carbonyl (C=O) groups is 3. The van der Waals surface area contributed by atoms with E-state index in [9.17, 15) is 32.9 Å². The molecule has 2 aromatic carbocycles. The van der Waals surface area contributed by atoms with Gasteiger partial charge in [-0.3, -0.25) is 14.9 Å². The summed E-state index contributed by atoms with van der Waals surface area (Å²) in [5.74, 6) is -2.74. The van der Waals surface area contributed by atoms with Crippen LogP contribution in [0.2, 0.25) is 0 Å². The van der Waals surface area contributed by atoms with Crippen LogP contribution in [0, 0.1) is 17.0 Å². The maximum atomic E-state index is 12.8. The summed E-state index contributed by atoms with van der Waals surface area (Å²) in [6, 6.07) is 8.97. The first-order valence-electron chi connectivity index (χ1n) is 11.1. The molecule has 1 fully saturated rings. The number of hydrogen-bond acceptors (Lipinski definition) is 9. The summed E-state index contributed by atoms with van der Waals surface area (Å²) >= 11 is 0. The molecule has 1 aliphatic heterocycles. The van der Waals surface area contributed by atoms with Gasteiger partial charge in [-0.05, 0) is 44.0 Å². The molecule has 0 aliphatic carbocycles. The van der Waals surface area contributed by atoms with Crippen LogP contribution in [0.1, 0.15) is 30.4 Å². The fourth-order valence-corrected chi connectivity index (χ4v) is 4.65. The van der Waals surface area contributed by atoms with Gasteiger partial charge in [-0.15, -0.1) is 0 Å². The maximum absolute atomic E-state index is 12.8. The Balaban J connectivity index is 1.70. The van der Waals surface area contributed by atoms with Crippen LogP contribution in [0.4, 0.5) is 5.69 Å². The van der Waals surface area contributed by atoms with Crippen molar-refractivity contribution >= 4 is 33.6 Å². The van der Waals surface area contributed by atoms with E-state index in [1.165, 1.54) is 36.4 Å². The first-order valence-corrected chi connectivity index (χ1v) is 12.6. The number of carbonyl (C=O) groups excluding carboxylic acids is 3. The summed E-state index contributed by atoms with van der Waals surface area (Å²) < 4.78 is 32.7. The molecule has 2 aromatic rings. The summed E-state index contributed by atoms with van der Waals surface area (Å²) in [6.45, 7) is 2.35. The Labute approximate surface area is 207 Å². The molecule has 0 radical (unpaired) electrons. The van der Waals surface area contributed by atoms with Crippen LogP contribution in [0.5, 0.6) is 0 Å². The fourth-order valence-electron chi connectivity index (χ4n) is 3.47. The zero-order valence-electron chi connectivity index (χ0n) is 19.4. The number of ether oxygens (including phenoxy) is 1. The molecule has 3 rings (SSSR count). The Morgan fingerprint density at radius 3 is 2.39 bits per heavy atom. The molecular formula is C23H26N4O8S. The molecule has 192 valence electrons. The van der Waals surface area contributed by atoms with Crippen LogP contribution < -0.4 is 15.4 Å². The SMILES string of the molecule is Cc1ccc(S(=O)(=O)N[C@@H](CC(=O)NCc2ccc([N+](=O)[O-])cc2)C(=O)OC(=O)[C@@H]2CCCN2)cc1. The van der Waals surface area contributed by atoms with Crippen LogP contribution >= 0.6 is 0 Å². The van der Waals surface area contributed by atoms with Crippen molar-refractivity contribution < 1.29 is 32.5 Å². The lowest BCUT2D eigenvalue weighted by molar-refractivity contribution is -0.384. The highest BCUT2D eigenvalue weighted by Gasteiger charge is 2.33. The lowest BCUT2D eigenvalue weighted by Gasteiger charge is -2.18. The van der Waals surface area contributed by atoms with Gasteiger partial charge in [-0.2, -0.15) is 4.72 Å². The van der Waals surface area contributed by atoms with Gasteiger partial charge in [0.25, 0.3) is 5.69 Å². The molecule has 13 heteroatoms. The van der Waals surface area contributed by atoms with Gasteiger partial charge in [0.2, 0.25) is 15.9 Å². The molecule has 12 nitrogen and oxygen atoms in total. The van der Waals surface area contributed by atoms with Crippen molar-refractivity contribution in [1.29, 1.82) is 0 Å². The van der Waals surface area contributed by atoms with Crippen molar-refractivity contribution in [2.75, 3.05) is 6.54 Å². The average Bonchev–Trinajstić information content (AvgIpc) is 3.38. The van der Waals surface area contributed by atoms with Gasteiger partial charge in [0, 0.05) is 18.7 Å². The number of nitrogens with one attached hydrogen (secondary N) is 3. The van der Waals surface area contributed by atoms with E-state index in [2.05, 4.69) is 15.4 Å². The third-order valence-corrected chi connectivity index (χ3v) is 6.97. The first-order chi connectivity index (χ1) is 17.0. The molecule has 1 saturated heterocycles.